The fourth-order valence-electron chi connectivity index (χ4n) is 1.14. The standard InChI is InChI=1S/C11H20N4O6/c1-5(9(18)15-6(2)11(20)21)14-8(17)3-13-10(19)7(12)4-16/h5-7,16H,3-4,12H2,1-2H3,(H,13,19)(H,14,17)(H,15,18)(H,20,21). The fourth-order valence-corrected chi connectivity index (χ4v) is 1.14. The first-order chi connectivity index (χ1) is 9.68. The van der Waals surface area contributed by atoms with Gasteiger partial charge in [0.05, 0.1) is 13.2 Å². The number of aliphatic hydroxyl groups excluding tert-OH is 1. The molecule has 3 atom stereocenters. The summed E-state index contributed by atoms with van der Waals surface area (Å²) in [5.74, 6) is -3.23. The van der Waals surface area contributed by atoms with E-state index in [-0.39, 0.29) is 0 Å². The monoisotopic (exact) mass is 304 g/mol. The Morgan fingerprint density at radius 1 is 1.05 bits per heavy atom. The predicted octanol–water partition coefficient (Wildman–Crippen LogP) is -3.48. The van der Waals surface area contributed by atoms with Gasteiger partial charge in [0.2, 0.25) is 17.7 Å². The van der Waals surface area contributed by atoms with Crippen LogP contribution < -0.4 is 21.7 Å². The summed E-state index contributed by atoms with van der Waals surface area (Å²) in [5.41, 5.74) is 5.22. The van der Waals surface area contributed by atoms with Crippen molar-refractivity contribution in [3.05, 3.63) is 0 Å². The number of carboxylic acids is 1. The van der Waals surface area contributed by atoms with Crippen LogP contribution in [0.1, 0.15) is 13.8 Å². The molecule has 10 nitrogen and oxygen atoms in total. The lowest BCUT2D eigenvalue weighted by Crippen LogP contribution is -2.52. The lowest BCUT2D eigenvalue weighted by atomic mass is 10.2. The lowest BCUT2D eigenvalue weighted by Gasteiger charge is -2.16. The molecule has 0 aliphatic carbocycles. The fraction of sp³-hybridized carbons (Fsp3) is 0.636. The minimum Gasteiger partial charge on any atom is -0.480 e. The maximum Gasteiger partial charge on any atom is 0.325 e. The van der Waals surface area contributed by atoms with Crippen LogP contribution >= 0.6 is 0 Å². The second-order valence-electron chi connectivity index (χ2n) is 4.36. The maximum atomic E-state index is 11.6. The highest BCUT2D eigenvalue weighted by molar-refractivity contribution is 5.92. The first kappa shape index (κ1) is 18.8. The van der Waals surface area contributed by atoms with E-state index in [4.69, 9.17) is 15.9 Å². The molecule has 0 aromatic carbocycles. The zero-order valence-corrected chi connectivity index (χ0v) is 11.8. The highest BCUT2D eigenvalue weighted by Gasteiger charge is 2.20. The first-order valence-corrected chi connectivity index (χ1v) is 6.15. The molecule has 0 aromatic heterocycles. The second-order valence-corrected chi connectivity index (χ2v) is 4.36. The Morgan fingerprint density at radius 2 is 1.62 bits per heavy atom. The van der Waals surface area contributed by atoms with Crippen molar-refractivity contribution in [3.8, 4) is 0 Å². The van der Waals surface area contributed by atoms with Crippen molar-refractivity contribution in [2.75, 3.05) is 13.2 Å². The van der Waals surface area contributed by atoms with Crippen molar-refractivity contribution in [1.29, 1.82) is 0 Å². The van der Waals surface area contributed by atoms with Crippen LogP contribution in [0.25, 0.3) is 0 Å². The van der Waals surface area contributed by atoms with Gasteiger partial charge in [0, 0.05) is 0 Å². The van der Waals surface area contributed by atoms with Gasteiger partial charge in [-0.05, 0) is 13.8 Å². The minimum atomic E-state index is -1.20. The van der Waals surface area contributed by atoms with Crippen LogP contribution in [0.2, 0.25) is 0 Å². The molecule has 3 amide bonds. The van der Waals surface area contributed by atoms with Crippen LogP contribution in [-0.4, -0.2) is 65.2 Å². The van der Waals surface area contributed by atoms with Crippen LogP contribution in [-0.2, 0) is 19.2 Å². The van der Waals surface area contributed by atoms with Gasteiger partial charge in [0.15, 0.2) is 0 Å². The molecule has 0 aliphatic heterocycles. The molecule has 0 rings (SSSR count). The number of carbonyl (C=O) groups excluding carboxylic acids is 3. The number of aliphatic carboxylic acids is 1. The molecule has 0 saturated heterocycles. The van der Waals surface area contributed by atoms with E-state index in [0.29, 0.717) is 0 Å². The van der Waals surface area contributed by atoms with E-state index in [1.165, 1.54) is 13.8 Å². The zero-order valence-electron chi connectivity index (χ0n) is 11.8. The van der Waals surface area contributed by atoms with Crippen LogP contribution in [0.15, 0.2) is 0 Å². The van der Waals surface area contributed by atoms with Gasteiger partial charge >= 0.3 is 5.97 Å². The van der Waals surface area contributed by atoms with Crippen molar-refractivity contribution >= 4 is 23.7 Å². The van der Waals surface area contributed by atoms with Gasteiger partial charge in [0.25, 0.3) is 0 Å². The normalized spacial score (nSPS) is 14.5. The van der Waals surface area contributed by atoms with Crippen LogP contribution in [0.4, 0.5) is 0 Å². The molecule has 120 valence electrons. The number of rotatable bonds is 8. The van der Waals surface area contributed by atoms with Crippen molar-refractivity contribution in [2.24, 2.45) is 5.73 Å². The Bertz CT molecular complexity index is 414. The molecular formula is C11H20N4O6. The summed E-state index contributed by atoms with van der Waals surface area (Å²) in [7, 11) is 0. The minimum absolute atomic E-state index is 0.418. The van der Waals surface area contributed by atoms with Crippen LogP contribution in [0.5, 0.6) is 0 Å². The first-order valence-electron chi connectivity index (χ1n) is 6.15. The smallest absolute Gasteiger partial charge is 0.325 e. The van der Waals surface area contributed by atoms with Crippen LogP contribution in [0.3, 0.4) is 0 Å². The largest absolute Gasteiger partial charge is 0.480 e. The predicted molar refractivity (Wildman–Crippen MR) is 70.9 cm³/mol. The van der Waals surface area contributed by atoms with Gasteiger partial charge in [-0.25, -0.2) is 0 Å². The Kier molecular flexibility index (Phi) is 7.94. The summed E-state index contributed by atoms with van der Waals surface area (Å²) >= 11 is 0. The highest BCUT2D eigenvalue weighted by Crippen LogP contribution is 1.87. The molecule has 0 heterocycles. The summed E-state index contributed by atoms with van der Waals surface area (Å²) in [4.78, 5) is 44.8. The molecule has 3 unspecified atom stereocenters. The summed E-state index contributed by atoms with van der Waals surface area (Å²) in [6, 6.07) is -3.18. The van der Waals surface area contributed by atoms with E-state index in [9.17, 15) is 19.2 Å². The molecule has 21 heavy (non-hydrogen) atoms. The molecule has 0 aliphatic rings. The number of nitrogens with two attached hydrogens (primary N) is 1. The molecule has 7 N–H and O–H groups in total. The Hall–Kier alpha value is -2.20. The lowest BCUT2D eigenvalue weighted by molar-refractivity contribution is -0.141. The molecule has 0 bridgehead atoms. The summed E-state index contributed by atoms with van der Waals surface area (Å²) < 4.78 is 0. The molecule has 0 spiro atoms. The number of hydrogen-bond donors (Lipinski definition) is 6. The Morgan fingerprint density at radius 3 is 2.10 bits per heavy atom. The van der Waals surface area contributed by atoms with Crippen molar-refractivity contribution in [1.82, 2.24) is 16.0 Å². The average molecular weight is 304 g/mol. The van der Waals surface area contributed by atoms with Gasteiger partial charge < -0.3 is 31.9 Å². The summed E-state index contributed by atoms with van der Waals surface area (Å²) in [5, 5.41) is 23.9. The third kappa shape index (κ3) is 7.22. The molecular weight excluding hydrogens is 284 g/mol. The highest BCUT2D eigenvalue weighted by atomic mass is 16.4. The van der Waals surface area contributed by atoms with E-state index in [1.54, 1.807) is 0 Å². The zero-order chi connectivity index (χ0) is 16.6. The van der Waals surface area contributed by atoms with Gasteiger partial charge in [-0.15, -0.1) is 0 Å². The number of carbonyl (C=O) groups is 4. The molecule has 0 saturated carbocycles. The third-order valence-corrected chi connectivity index (χ3v) is 2.46. The average Bonchev–Trinajstić information content (AvgIpc) is 2.43. The number of carboxylic acid groups (broad SMARTS) is 1. The quantitative estimate of drug-likeness (QED) is 0.270. The number of amides is 3. The third-order valence-electron chi connectivity index (χ3n) is 2.46. The summed E-state index contributed by atoms with van der Waals surface area (Å²) in [6.45, 7) is 1.67. The molecule has 0 fully saturated rings. The van der Waals surface area contributed by atoms with E-state index >= 15 is 0 Å². The number of aliphatic hydroxyl groups is 1. The van der Waals surface area contributed by atoms with Crippen molar-refractivity contribution < 1.29 is 29.4 Å². The molecule has 10 heteroatoms. The topological polar surface area (TPSA) is 171 Å². The van der Waals surface area contributed by atoms with Gasteiger partial charge in [-0.1, -0.05) is 0 Å². The molecule has 0 aromatic rings. The summed E-state index contributed by atoms with van der Waals surface area (Å²) in [6.07, 6.45) is 0. The van der Waals surface area contributed by atoms with Gasteiger partial charge in [-0.2, -0.15) is 0 Å². The van der Waals surface area contributed by atoms with Gasteiger partial charge in [-0.3, -0.25) is 19.2 Å². The van der Waals surface area contributed by atoms with Crippen molar-refractivity contribution in [2.45, 2.75) is 32.0 Å². The van der Waals surface area contributed by atoms with E-state index < -0.39 is 55.0 Å². The number of hydrogen-bond acceptors (Lipinski definition) is 6. The van der Waals surface area contributed by atoms with E-state index in [2.05, 4.69) is 16.0 Å². The molecule has 0 radical (unpaired) electrons. The Balaban J connectivity index is 4.17. The van der Waals surface area contributed by atoms with Crippen LogP contribution in [0, 0.1) is 0 Å². The maximum absolute atomic E-state index is 11.6. The van der Waals surface area contributed by atoms with E-state index in [1.807, 2.05) is 0 Å². The van der Waals surface area contributed by atoms with E-state index in [0.717, 1.165) is 0 Å². The SMILES string of the molecule is CC(NC(=O)C(C)NC(=O)CNC(=O)C(N)CO)C(=O)O. The Labute approximate surface area is 121 Å². The van der Waals surface area contributed by atoms with Gasteiger partial charge in [0.1, 0.15) is 18.1 Å². The second kappa shape index (κ2) is 8.87. The number of nitrogens with one attached hydrogen (secondary N) is 3. The van der Waals surface area contributed by atoms with Crippen molar-refractivity contribution in [3.63, 3.8) is 0 Å².